The van der Waals surface area contributed by atoms with Crippen LogP contribution in [-0.2, 0) is 19.3 Å². The molecule has 1 atom stereocenters. The summed E-state index contributed by atoms with van der Waals surface area (Å²) in [5.41, 5.74) is 5.09. The predicted octanol–water partition coefficient (Wildman–Crippen LogP) is 6.32. The molecule has 8 rings (SSSR count). The molecule has 0 saturated carbocycles. The van der Waals surface area contributed by atoms with Crippen molar-refractivity contribution in [2.45, 2.75) is 38.1 Å². The normalized spacial score (nSPS) is 15.6. The zero-order valence-electron chi connectivity index (χ0n) is 24.1. The van der Waals surface area contributed by atoms with Crippen molar-refractivity contribution in [1.82, 2.24) is 25.2 Å². The average Bonchev–Trinajstić information content (AvgIpc) is 3.84. The van der Waals surface area contributed by atoms with E-state index in [1.165, 1.54) is 24.3 Å². The average molecular weight is 624 g/mol. The third kappa shape index (κ3) is 4.68. The highest BCUT2D eigenvalue weighted by atomic mass is 19.1. The van der Waals surface area contributed by atoms with Gasteiger partial charge in [-0.2, -0.15) is 0 Å². The van der Waals surface area contributed by atoms with Crippen LogP contribution >= 0.6 is 0 Å². The van der Waals surface area contributed by atoms with E-state index in [1.807, 2.05) is 4.90 Å². The summed E-state index contributed by atoms with van der Waals surface area (Å²) in [7, 11) is 0. The zero-order valence-corrected chi connectivity index (χ0v) is 24.1. The number of amides is 1. The number of fused-ring (bicyclic) bond motifs is 4. The Kier molecular flexibility index (Phi) is 6.59. The van der Waals surface area contributed by atoms with Crippen LogP contribution in [0.4, 0.5) is 13.2 Å². The molecule has 2 aliphatic rings. The first-order valence-electron chi connectivity index (χ1n) is 14.8. The largest absolute Gasteiger partial charge is 0.434 e. The van der Waals surface area contributed by atoms with E-state index in [4.69, 9.17) is 13.9 Å². The zero-order chi connectivity index (χ0) is 31.5. The van der Waals surface area contributed by atoms with Crippen LogP contribution in [0.5, 0.6) is 0 Å². The Bertz CT molecular complexity index is 2220. The van der Waals surface area contributed by atoms with Crippen molar-refractivity contribution in [3.63, 3.8) is 0 Å². The number of nitrogens with zero attached hydrogens (tertiary/aromatic N) is 4. The molecular weight excluding hydrogens is 599 g/mol. The van der Waals surface area contributed by atoms with Crippen molar-refractivity contribution < 1.29 is 26.9 Å². The summed E-state index contributed by atoms with van der Waals surface area (Å²) in [5.74, 6) is -2.65. The van der Waals surface area contributed by atoms with Gasteiger partial charge in [-0.1, -0.05) is 29.4 Å². The molecular formula is C34H24F3N5O4. The number of H-pyrrole nitrogens is 1. The molecule has 0 spiro atoms. The molecule has 12 heteroatoms. The van der Waals surface area contributed by atoms with E-state index in [2.05, 4.69) is 15.4 Å². The SMILES string of the molecule is O=C1c2c(nc(CCc3ccc(F)cc3)c(-c3n[nH]c(=O)o3)c2-c2ccc3c(Cc4ccc(F)cc4F)noc3c2)[C@@H]2CCCN12. The maximum Gasteiger partial charge on any atom is 0.434 e. The number of pyridine rings is 1. The van der Waals surface area contributed by atoms with Gasteiger partial charge in [-0.15, -0.1) is 5.10 Å². The Hall–Kier alpha value is -5.52. The molecule has 0 unspecified atom stereocenters. The summed E-state index contributed by atoms with van der Waals surface area (Å²) in [6.45, 7) is 0.599. The highest BCUT2D eigenvalue weighted by Gasteiger charge is 2.44. The first-order chi connectivity index (χ1) is 22.3. The lowest BCUT2D eigenvalue weighted by Gasteiger charge is -2.17. The van der Waals surface area contributed by atoms with Crippen LogP contribution < -0.4 is 5.76 Å². The molecule has 1 amide bonds. The topological polar surface area (TPSA) is 118 Å². The van der Waals surface area contributed by atoms with Gasteiger partial charge >= 0.3 is 5.76 Å². The Morgan fingerprint density at radius 2 is 1.72 bits per heavy atom. The van der Waals surface area contributed by atoms with Crippen molar-refractivity contribution in [1.29, 1.82) is 0 Å². The van der Waals surface area contributed by atoms with E-state index in [1.54, 1.807) is 30.3 Å². The Balaban J connectivity index is 1.29. The summed E-state index contributed by atoms with van der Waals surface area (Å²) in [5, 5.41) is 11.2. The van der Waals surface area contributed by atoms with Crippen molar-refractivity contribution in [2.24, 2.45) is 0 Å². The maximum atomic E-state index is 14.4. The van der Waals surface area contributed by atoms with Crippen molar-refractivity contribution >= 4 is 16.9 Å². The van der Waals surface area contributed by atoms with Crippen molar-refractivity contribution in [3.8, 4) is 22.6 Å². The summed E-state index contributed by atoms with van der Waals surface area (Å²) in [6, 6.07) is 14.7. The second-order valence-electron chi connectivity index (χ2n) is 11.5. The third-order valence-electron chi connectivity index (χ3n) is 8.77. The lowest BCUT2D eigenvalue weighted by atomic mass is 9.89. The number of carbonyl (C=O) groups excluding carboxylic acids is 1. The van der Waals surface area contributed by atoms with Gasteiger partial charge in [0.15, 0.2) is 5.58 Å². The number of aromatic nitrogens is 4. The van der Waals surface area contributed by atoms with Crippen LogP contribution in [0.15, 0.2) is 74.4 Å². The molecule has 3 aromatic heterocycles. The third-order valence-corrected chi connectivity index (χ3v) is 8.77. The van der Waals surface area contributed by atoms with Gasteiger partial charge in [0.25, 0.3) is 11.8 Å². The summed E-state index contributed by atoms with van der Waals surface area (Å²) < 4.78 is 52.6. The van der Waals surface area contributed by atoms with E-state index in [-0.39, 0.29) is 35.6 Å². The Morgan fingerprint density at radius 3 is 2.50 bits per heavy atom. The fraction of sp³-hybridized carbons (Fsp3) is 0.206. The fourth-order valence-corrected chi connectivity index (χ4v) is 6.62. The first-order valence-corrected chi connectivity index (χ1v) is 14.8. The molecule has 1 fully saturated rings. The second-order valence-corrected chi connectivity index (χ2v) is 11.5. The van der Waals surface area contributed by atoms with Crippen LogP contribution in [-0.4, -0.2) is 37.7 Å². The fourth-order valence-electron chi connectivity index (χ4n) is 6.62. The lowest BCUT2D eigenvalue weighted by molar-refractivity contribution is 0.0776. The van der Waals surface area contributed by atoms with E-state index >= 15 is 0 Å². The van der Waals surface area contributed by atoms with E-state index < -0.39 is 17.4 Å². The van der Waals surface area contributed by atoms with Crippen molar-refractivity contribution in [2.75, 3.05) is 6.54 Å². The van der Waals surface area contributed by atoms with Crippen LogP contribution in [0.1, 0.15) is 57.5 Å². The van der Waals surface area contributed by atoms with E-state index in [9.17, 15) is 22.8 Å². The van der Waals surface area contributed by atoms with Gasteiger partial charge in [0.1, 0.15) is 17.5 Å². The molecule has 9 nitrogen and oxygen atoms in total. The minimum absolute atomic E-state index is 0.0191. The Morgan fingerprint density at radius 1 is 0.891 bits per heavy atom. The standard InChI is InChI=1S/C34H24F3N5O4/c35-20-8-3-17(4-9-20)5-12-24-29(32-39-40-34(44)45-32)28(30-31(38-24)26-2-1-13-42(26)33(30)43)19-7-11-22-25(41-46-27(22)15-19)14-18-6-10-21(36)16-23(18)37/h3-4,6-11,15-16,26H,1-2,5,12-14H2,(H,40,44)/t26-/m0/s1. The number of halogens is 3. The Labute approximate surface area is 258 Å². The quantitative estimate of drug-likeness (QED) is 0.221. The summed E-state index contributed by atoms with van der Waals surface area (Å²) in [4.78, 5) is 33.0. The number of rotatable bonds is 7. The minimum Gasteiger partial charge on any atom is -0.388 e. The van der Waals surface area contributed by atoms with Gasteiger partial charge in [0, 0.05) is 30.0 Å². The summed E-state index contributed by atoms with van der Waals surface area (Å²) in [6.07, 6.45) is 2.59. The van der Waals surface area contributed by atoms with Gasteiger partial charge in [0.05, 0.1) is 34.3 Å². The number of carbonyl (C=O) groups is 1. The van der Waals surface area contributed by atoms with Gasteiger partial charge < -0.3 is 13.8 Å². The van der Waals surface area contributed by atoms with Crippen LogP contribution in [0, 0.1) is 17.5 Å². The highest BCUT2D eigenvalue weighted by Crippen LogP contribution is 2.48. The monoisotopic (exact) mass is 623 g/mol. The van der Waals surface area contributed by atoms with Gasteiger partial charge in [0.2, 0.25) is 0 Å². The molecule has 1 N–H and O–H groups in total. The number of hydrogen-bond acceptors (Lipinski definition) is 7. The van der Waals surface area contributed by atoms with Crippen molar-refractivity contribution in [3.05, 3.63) is 122 Å². The van der Waals surface area contributed by atoms with Gasteiger partial charge in [-0.3, -0.25) is 9.78 Å². The smallest absolute Gasteiger partial charge is 0.388 e. The number of nitrogens with one attached hydrogen (secondary N) is 1. The molecule has 5 heterocycles. The highest BCUT2D eigenvalue weighted by molar-refractivity contribution is 6.08. The molecule has 2 aliphatic heterocycles. The lowest BCUT2D eigenvalue weighted by Crippen LogP contribution is -2.23. The van der Waals surface area contributed by atoms with Crippen LogP contribution in [0.25, 0.3) is 33.6 Å². The molecule has 3 aromatic carbocycles. The molecule has 0 radical (unpaired) electrons. The van der Waals surface area contributed by atoms with Crippen LogP contribution in [0.2, 0.25) is 0 Å². The maximum absolute atomic E-state index is 14.4. The first kappa shape index (κ1) is 28.0. The number of aromatic amines is 1. The van der Waals surface area contributed by atoms with E-state index in [0.29, 0.717) is 69.7 Å². The van der Waals surface area contributed by atoms with Crippen LogP contribution in [0.3, 0.4) is 0 Å². The second kappa shape index (κ2) is 10.8. The number of benzene rings is 3. The molecule has 0 aliphatic carbocycles. The van der Waals surface area contributed by atoms with E-state index in [0.717, 1.165) is 24.5 Å². The minimum atomic E-state index is -0.763. The molecule has 230 valence electrons. The molecule has 0 bridgehead atoms. The number of hydrogen-bond donors (Lipinski definition) is 1. The number of aryl methyl sites for hydroxylation is 2. The molecule has 46 heavy (non-hydrogen) atoms. The predicted molar refractivity (Wildman–Crippen MR) is 159 cm³/mol. The van der Waals surface area contributed by atoms with Gasteiger partial charge in [-0.25, -0.2) is 23.1 Å². The molecule has 1 saturated heterocycles. The van der Waals surface area contributed by atoms with Gasteiger partial charge in [-0.05, 0) is 72.7 Å². The summed E-state index contributed by atoms with van der Waals surface area (Å²) >= 11 is 0. The molecule has 6 aromatic rings.